The van der Waals surface area contributed by atoms with Gasteiger partial charge in [0.05, 0.1) is 0 Å². The first kappa shape index (κ1) is 8.74. The molecule has 1 nitrogen and oxygen atoms in total. The third-order valence-corrected chi connectivity index (χ3v) is 2.18. The fourth-order valence-corrected chi connectivity index (χ4v) is 1.42. The molecule has 0 saturated carbocycles. The van der Waals surface area contributed by atoms with Crippen molar-refractivity contribution in [3.63, 3.8) is 0 Å². The van der Waals surface area contributed by atoms with Crippen molar-refractivity contribution in [1.29, 1.82) is 0 Å². The number of allylic oxidation sites excluding steroid dienone is 3. The van der Waals surface area contributed by atoms with Gasteiger partial charge in [-0.1, -0.05) is 24.3 Å². The summed E-state index contributed by atoms with van der Waals surface area (Å²) in [6.07, 6.45) is 5.80. The number of carbonyl (C=O) groups is 1. The smallest absolute Gasteiger partial charge is 0.159 e. The molecule has 0 aliphatic heterocycles. The van der Waals surface area contributed by atoms with Gasteiger partial charge in [-0.25, -0.2) is 0 Å². The van der Waals surface area contributed by atoms with Gasteiger partial charge in [0.25, 0.3) is 0 Å². The average Bonchev–Trinajstić information content (AvgIpc) is 2.71. The van der Waals surface area contributed by atoms with Crippen LogP contribution in [0.4, 0.5) is 0 Å². The summed E-state index contributed by atoms with van der Waals surface area (Å²) in [5, 5.41) is 0. The van der Waals surface area contributed by atoms with E-state index in [0.717, 1.165) is 16.7 Å². The molecule has 0 bridgehead atoms. The first-order chi connectivity index (χ1) is 6.77. The zero-order chi connectivity index (χ0) is 9.97. The van der Waals surface area contributed by atoms with E-state index >= 15 is 0 Å². The van der Waals surface area contributed by atoms with E-state index in [2.05, 4.69) is 5.73 Å². The number of hydrogen-bond donors (Lipinski definition) is 0. The topological polar surface area (TPSA) is 17.1 Å². The van der Waals surface area contributed by atoms with Gasteiger partial charge in [0.2, 0.25) is 0 Å². The second-order valence-corrected chi connectivity index (χ2v) is 3.22. The van der Waals surface area contributed by atoms with E-state index in [9.17, 15) is 4.79 Å². The Morgan fingerprint density at radius 3 is 2.86 bits per heavy atom. The van der Waals surface area contributed by atoms with E-state index in [-0.39, 0.29) is 5.78 Å². The molecule has 0 aromatic heterocycles. The monoisotopic (exact) mass is 182 g/mol. The molecule has 0 radical (unpaired) electrons. The van der Waals surface area contributed by atoms with Crippen LogP contribution in [0, 0.1) is 0 Å². The molecular weight excluding hydrogens is 172 g/mol. The van der Waals surface area contributed by atoms with Crippen LogP contribution < -0.4 is 0 Å². The SMILES string of the molecule is CC(=O)c1cccc(C2=C=CC=C2)c1. The summed E-state index contributed by atoms with van der Waals surface area (Å²) in [6, 6.07) is 7.61. The van der Waals surface area contributed by atoms with E-state index in [0.29, 0.717) is 0 Å². The van der Waals surface area contributed by atoms with Crippen molar-refractivity contribution in [3.05, 3.63) is 59.4 Å². The molecule has 0 heterocycles. The molecule has 0 atom stereocenters. The third kappa shape index (κ3) is 1.59. The normalized spacial score (nSPS) is 13.1. The highest BCUT2D eigenvalue weighted by molar-refractivity contribution is 5.95. The van der Waals surface area contributed by atoms with Gasteiger partial charge in [0, 0.05) is 11.1 Å². The fourth-order valence-electron chi connectivity index (χ4n) is 1.42. The van der Waals surface area contributed by atoms with Gasteiger partial charge in [-0.3, -0.25) is 4.79 Å². The lowest BCUT2D eigenvalue weighted by atomic mass is 10.0. The van der Waals surface area contributed by atoms with Crippen molar-refractivity contribution in [1.82, 2.24) is 0 Å². The molecule has 1 aromatic carbocycles. The Balaban J connectivity index is 2.45. The molecule has 0 fully saturated rings. The molecule has 0 unspecified atom stereocenters. The van der Waals surface area contributed by atoms with Gasteiger partial charge in [-0.15, -0.1) is 5.73 Å². The quantitative estimate of drug-likeness (QED) is 0.507. The van der Waals surface area contributed by atoms with Gasteiger partial charge in [-0.2, -0.15) is 0 Å². The molecule has 0 saturated heterocycles. The van der Waals surface area contributed by atoms with Crippen LogP contribution in [-0.4, -0.2) is 5.78 Å². The minimum Gasteiger partial charge on any atom is -0.295 e. The van der Waals surface area contributed by atoms with Gasteiger partial charge in [0.15, 0.2) is 5.78 Å². The summed E-state index contributed by atoms with van der Waals surface area (Å²) in [6.45, 7) is 1.58. The lowest BCUT2D eigenvalue weighted by molar-refractivity contribution is 0.101. The van der Waals surface area contributed by atoms with E-state index < -0.39 is 0 Å². The number of hydrogen-bond acceptors (Lipinski definition) is 1. The van der Waals surface area contributed by atoms with Crippen LogP contribution in [0.5, 0.6) is 0 Å². The molecule has 68 valence electrons. The Hall–Kier alpha value is -1.85. The molecular formula is C13H10O. The lowest BCUT2D eigenvalue weighted by Crippen LogP contribution is -1.92. The molecule has 0 amide bonds. The van der Waals surface area contributed by atoms with Crippen LogP contribution in [0.25, 0.3) is 5.57 Å². The molecule has 1 aromatic rings. The predicted octanol–water partition coefficient (Wildman–Crippen LogP) is 3.00. The van der Waals surface area contributed by atoms with E-state index in [1.165, 1.54) is 0 Å². The summed E-state index contributed by atoms with van der Waals surface area (Å²) in [5.41, 5.74) is 5.94. The molecule has 2 rings (SSSR count). The summed E-state index contributed by atoms with van der Waals surface area (Å²) in [5.74, 6) is 0.0957. The Labute approximate surface area is 83.1 Å². The molecule has 1 heteroatoms. The average molecular weight is 182 g/mol. The van der Waals surface area contributed by atoms with Crippen LogP contribution in [0.3, 0.4) is 0 Å². The standard InChI is InChI=1S/C13H10O/c1-10(14)12-7-4-8-13(9-12)11-5-2-3-6-11/h2-5,7-9H,1H3. The second kappa shape index (κ2) is 3.49. The van der Waals surface area contributed by atoms with Gasteiger partial charge >= 0.3 is 0 Å². The molecule has 0 spiro atoms. The van der Waals surface area contributed by atoms with Crippen LogP contribution in [0.2, 0.25) is 0 Å². The number of carbonyl (C=O) groups excluding carboxylic acids is 1. The molecule has 0 N–H and O–H groups in total. The van der Waals surface area contributed by atoms with Crippen LogP contribution in [-0.2, 0) is 0 Å². The zero-order valence-electron chi connectivity index (χ0n) is 7.95. The minimum atomic E-state index is 0.0957. The zero-order valence-corrected chi connectivity index (χ0v) is 7.95. The van der Waals surface area contributed by atoms with Crippen LogP contribution in [0.1, 0.15) is 22.8 Å². The lowest BCUT2D eigenvalue weighted by Gasteiger charge is -2.00. The van der Waals surface area contributed by atoms with Gasteiger partial charge in [0.1, 0.15) is 0 Å². The summed E-state index contributed by atoms with van der Waals surface area (Å²) in [7, 11) is 0. The van der Waals surface area contributed by atoms with E-state index in [4.69, 9.17) is 0 Å². The van der Waals surface area contributed by atoms with Crippen LogP contribution >= 0.6 is 0 Å². The number of Topliss-reactive ketones (excluding diaryl/α,β-unsaturated/α-hetero) is 1. The van der Waals surface area contributed by atoms with Gasteiger partial charge in [-0.05, 0) is 30.7 Å². The summed E-state index contributed by atoms with van der Waals surface area (Å²) < 4.78 is 0. The minimum absolute atomic E-state index is 0.0957. The van der Waals surface area contributed by atoms with E-state index in [1.807, 2.05) is 42.5 Å². The number of ketones is 1. The highest BCUT2D eigenvalue weighted by Crippen LogP contribution is 2.18. The predicted molar refractivity (Wildman–Crippen MR) is 57.1 cm³/mol. The fraction of sp³-hybridized carbons (Fsp3) is 0.0769. The molecule has 1 aliphatic rings. The van der Waals surface area contributed by atoms with Crippen molar-refractivity contribution in [2.24, 2.45) is 0 Å². The summed E-state index contributed by atoms with van der Waals surface area (Å²) in [4.78, 5) is 11.2. The van der Waals surface area contributed by atoms with Crippen molar-refractivity contribution in [3.8, 4) is 0 Å². The third-order valence-electron chi connectivity index (χ3n) is 2.18. The van der Waals surface area contributed by atoms with E-state index in [1.54, 1.807) is 6.92 Å². The summed E-state index contributed by atoms with van der Waals surface area (Å²) >= 11 is 0. The Morgan fingerprint density at radius 2 is 2.21 bits per heavy atom. The Bertz CT molecular complexity index is 472. The largest absolute Gasteiger partial charge is 0.295 e. The van der Waals surface area contributed by atoms with Crippen molar-refractivity contribution >= 4 is 11.4 Å². The van der Waals surface area contributed by atoms with Crippen molar-refractivity contribution in [2.75, 3.05) is 0 Å². The second-order valence-electron chi connectivity index (χ2n) is 3.22. The molecule has 1 aliphatic carbocycles. The first-order valence-corrected chi connectivity index (χ1v) is 4.52. The maximum atomic E-state index is 11.2. The molecule has 14 heavy (non-hydrogen) atoms. The number of benzene rings is 1. The van der Waals surface area contributed by atoms with Gasteiger partial charge < -0.3 is 0 Å². The van der Waals surface area contributed by atoms with Crippen molar-refractivity contribution in [2.45, 2.75) is 6.92 Å². The highest BCUT2D eigenvalue weighted by atomic mass is 16.1. The number of rotatable bonds is 2. The maximum Gasteiger partial charge on any atom is 0.159 e. The highest BCUT2D eigenvalue weighted by Gasteiger charge is 2.03. The van der Waals surface area contributed by atoms with Crippen LogP contribution in [0.15, 0.2) is 48.2 Å². The Morgan fingerprint density at radius 1 is 1.36 bits per heavy atom. The first-order valence-electron chi connectivity index (χ1n) is 4.52. The Kier molecular flexibility index (Phi) is 2.18. The van der Waals surface area contributed by atoms with Crippen molar-refractivity contribution < 1.29 is 4.79 Å². The maximum absolute atomic E-state index is 11.2.